The number of ether oxygens (including phenoxy) is 2. The quantitative estimate of drug-likeness (QED) is 0.777. The first-order valence-electron chi connectivity index (χ1n) is 6.90. The molecular weight excluding hydrogens is 214 g/mol. The Bertz CT molecular complexity index is 208. The predicted octanol–water partition coefficient (Wildman–Crippen LogP) is 2.45. The fourth-order valence-corrected chi connectivity index (χ4v) is 2.82. The second kappa shape index (κ2) is 7.34. The first kappa shape index (κ1) is 14.9. The highest BCUT2D eigenvalue weighted by atomic mass is 16.5. The minimum absolute atomic E-state index is 0.187. The van der Waals surface area contributed by atoms with Crippen molar-refractivity contribution in [3.63, 3.8) is 0 Å². The van der Waals surface area contributed by atoms with E-state index in [0.29, 0.717) is 18.8 Å². The van der Waals surface area contributed by atoms with E-state index in [4.69, 9.17) is 9.47 Å². The molecule has 1 fully saturated rings. The van der Waals surface area contributed by atoms with Crippen molar-refractivity contribution >= 4 is 0 Å². The smallest absolute Gasteiger partial charge is 0.0784 e. The summed E-state index contributed by atoms with van der Waals surface area (Å²) in [5, 5.41) is 3.40. The molecule has 0 radical (unpaired) electrons. The molecule has 1 aliphatic carbocycles. The fraction of sp³-hybridized carbons (Fsp3) is 1.00. The second-order valence-electron chi connectivity index (χ2n) is 5.65. The summed E-state index contributed by atoms with van der Waals surface area (Å²) >= 11 is 0. The molecule has 1 aliphatic rings. The van der Waals surface area contributed by atoms with Gasteiger partial charge in [-0.25, -0.2) is 0 Å². The molecular formula is C14H29NO2. The van der Waals surface area contributed by atoms with Gasteiger partial charge in [0.2, 0.25) is 0 Å². The number of nitrogens with one attached hydrogen (secondary N) is 1. The molecule has 0 aromatic carbocycles. The van der Waals surface area contributed by atoms with Crippen molar-refractivity contribution in [1.82, 2.24) is 5.32 Å². The van der Waals surface area contributed by atoms with Gasteiger partial charge >= 0.3 is 0 Å². The average molecular weight is 243 g/mol. The summed E-state index contributed by atoms with van der Waals surface area (Å²) in [5.41, 5.74) is 0. The molecule has 0 bridgehead atoms. The predicted molar refractivity (Wildman–Crippen MR) is 71.2 cm³/mol. The third-order valence-corrected chi connectivity index (χ3v) is 3.95. The Morgan fingerprint density at radius 3 is 2.47 bits per heavy atom. The van der Waals surface area contributed by atoms with Gasteiger partial charge in [-0.2, -0.15) is 0 Å². The molecule has 4 atom stereocenters. The largest absolute Gasteiger partial charge is 0.382 e. The van der Waals surface area contributed by atoms with E-state index in [1.165, 1.54) is 19.3 Å². The molecule has 17 heavy (non-hydrogen) atoms. The van der Waals surface area contributed by atoms with Crippen molar-refractivity contribution in [3.05, 3.63) is 0 Å². The van der Waals surface area contributed by atoms with Gasteiger partial charge in [0.1, 0.15) is 0 Å². The van der Waals surface area contributed by atoms with Gasteiger partial charge in [0.25, 0.3) is 0 Å². The lowest BCUT2D eigenvalue weighted by Gasteiger charge is -2.38. The van der Waals surface area contributed by atoms with Crippen molar-refractivity contribution in [1.29, 1.82) is 0 Å². The van der Waals surface area contributed by atoms with Crippen molar-refractivity contribution in [2.75, 3.05) is 20.8 Å². The Morgan fingerprint density at radius 2 is 1.94 bits per heavy atom. The van der Waals surface area contributed by atoms with E-state index in [1.807, 2.05) is 7.05 Å². The van der Waals surface area contributed by atoms with Crippen LogP contribution in [0.5, 0.6) is 0 Å². The summed E-state index contributed by atoms with van der Waals surface area (Å²) in [4.78, 5) is 0. The van der Waals surface area contributed by atoms with E-state index in [-0.39, 0.29) is 6.10 Å². The van der Waals surface area contributed by atoms with Gasteiger partial charge in [-0.1, -0.05) is 13.8 Å². The maximum atomic E-state index is 6.13. The molecule has 0 aromatic rings. The Labute approximate surface area is 106 Å². The van der Waals surface area contributed by atoms with Crippen LogP contribution in [0.25, 0.3) is 0 Å². The summed E-state index contributed by atoms with van der Waals surface area (Å²) in [6.45, 7) is 7.41. The van der Waals surface area contributed by atoms with Crippen LogP contribution in [-0.4, -0.2) is 39.0 Å². The third-order valence-electron chi connectivity index (χ3n) is 3.95. The van der Waals surface area contributed by atoms with Crippen molar-refractivity contribution in [2.45, 2.75) is 58.3 Å². The minimum atomic E-state index is 0.187. The van der Waals surface area contributed by atoms with E-state index in [1.54, 1.807) is 7.11 Å². The number of methoxy groups -OCH3 is 1. The molecule has 3 nitrogen and oxygen atoms in total. The summed E-state index contributed by atoms with van der Waals surface area (Å²) in [5.74, 6) is 1.57. The monoisotopic (exact) mass is 243 g/mol. The van der Waals surface area contributed by atoms with Gasteiger partial charge < -0.3 is 14.8 Å². The molecule has 0 spiro atoms. The molecule has 4 unspecified atom stereocenters. The SMILES string of the molecule is CNC1CCC(C(C)C)CC1OC(C)COC. The zero-order valence-corrected chi connectivity index (χ0v) is 12.0. The minimum Gasteiger partial charge on any atom is -0.382 e. The van der Waals surface area contributed by atoms with Crippen LogP contribution in [0, 0.1) is 11.8 Å². The van der Waals surface area contributed by atoms with Crippen LogP contribution >= 0.6 is 0 Å². The molecule has 0 saturated heterocycles. The molecule has 0 amide bonds. The summed E-state index contributed by atoms with van der Waals surface area (Å²) < 4.78 is 11.3. The Morgan fingerprint density at radius 1 is 1.24 bits per heavy atom. The first-order valence-corrected chi connectivity index (χ1v) is 6.90. The fourth-order valence-electron chi connectivity index (χ4n) is 2.82. The van der Waals surface area contributed by atoms with Crippen LogP contribution in [0.3, 0.4) is 0 Å². The molecule has 3 heteroatoms. The zero-order valence-electron chi connectivity index (χ0n) is 12.0. The molecule has 1 rings (SSSR count). The van der Waals surface area contributed by atoms with E-state index < -0.39 is 0 Å². The van der Waals surface area contributed by atoms with E-state index in [0.717, 1.165) is 11.8 Å². The zero-order chi connectivity index (χ0) is 12.8. The van der Waals surface area contributed by atoms with Crippen molar-refractivity contribution in [3.8, 4) is 0 Å². The van der Waals surface area contributed by atoms with Gasteiger partial charge in [0, 0.05) is 13.2 Å². The van der Waals surface area contributed by atoms with Gasteiger partial charge in [0.15, 0.2) is 0 Å². The second-order valence-corrected chi connectivity index (χ2v) is 5.65. The normalized spacial score (nSPS) is 31.8. The van der Waals surface area contributed by atoms with E-state index >= 15 is 0 Å². The maximum Gasteiger partial charge on any atom is 0.0784 e. The topological polar surface area (TPSA) is 30.5 Å². The average Bonchev–Trinajstić information content (AvgIpc) is 2.29. The number of hydrogen-bond donors (Lipinski definition) is 1. The summed E-state index contributed by atoms with van der Waals surface area (Å²) in [7, 11) is 3.77. The lowest BCUT2D eigenvalue weighted by molar-refractivity contribution is -0.0761. The lowest BCUT2D eigenvalue weighted by Crippen LogP contribution is -2.46. The van der Waals surface area contributed by atoms with Gasteiger partial charge in [-0.15, -0.1) is 0 Å². The molecule has 0 aliphatic heterocycles. The van der Waals surface area contributed by atoms with Gasteiger partial charge in [-0.3, -0.25) is 0 Å². The highest BCUT2D eigenvalue weighted by molar-refractivity contribution is 4.86. The standard InChI is InChI=1S/C14H29NO2/c1-10(2)12-6-7-13(15-4)14(8-12)17-11(3)9-16-5/h10-15H,6-9H2,1-5H3. The van der Waals surface area contributed by atoms with Crippen LogP contribution in [0.1, 0.15) is 40.0 Å². The van der Waals surface area contributed by atoms with Crippen molar-refractivity contribution in [2.24, 2.45) is 11.8 Å². The molecule has 1 saturated carbocycles. The highest BCUT2D eigenvalue weighted by Gasteiger charge is 2.32. The third kappa shape index (κ3) is 4.57. The number of likely N-dealkylation sites (N-methyl/N-ethyl adjacent to an activating group) is 1. The Balaban J connectivity index is 2.50. The van der Waals surface area contributed by atoms with Crippen LogP contribution in [-0.2, 0) is 9.47 Å². The van der Waals surface area contributed by atoms with Gasteiger partial charge in [-0.05, 0) is 45.1 Å². The Kier molecular flexibility index (Phi) is 6.45. The van der Waals surface area contributed by atoms with Crippen LogP contribution in [0.15, 0.2) is 0 Å². The van der Waals surface area contributed by atoms with E-state index in [2.05, 4.69) is 26.1 Å². The van der Waals surface area contributed by atoms with Gasteiger partial charge in [0.05, 0.1) is 18.8 Å². The molecule has 0 aromatic heterocycles. The van der Waals surface area contributed by atoms with Crippen LogP contribution < -0.4 is 5.32 Å². The first-order chi connectivity index (χ1) is 8.08. The maximum absolute atomic E-state index is 6.13. The highest BCUT2D eigenvalue weighted by Crippen LogP contribution is 2.32. The number of rotatable bonds is 6. The molecule has 0 heterocycles. The summed E-state index contributed by atoms with van der Waals surface area (Å²) in [6.07, 6.45) is 4.25. The number of hydrogen-bond acceptors (Lipinski definition) is 3. The molecule has 1 N–H and O–H groups in total. The van der Waals surface area contributed by atoms with Crippen LogP contribution in [0.2, 0.25) is 0 Å². The Hall–Kier alpha value is -0.120. The van der Waals surface area contributed by atoms with Crippen LogP contribution in [0.4, 0.5) is 0 Å². The van der Waals surface area contributed by atoms with E-state index in [9.17, 15) is 0 Å². The molecule has 102 valence electrons. The summed E-state index contributed by atoms with van der Waals surface area (Å²) in [6, 6.07) is 0.504. The lowest BCUT2D eigenvalue weighted by atomic mass is 9.78. The van der Waals surface area contributed by atoms with Crippen molar-refractivity contribution < 1.29 is 9.47 Å².